The van der Waals surface area contributed by atoms with Crippen molar-refractivity contribution in [1.82, 2.24) is 15.1 Å². The molecule has 1 unspecified atom stereocenters. The van der Waals surface area contributed by atoms with Crippen LogP contribution in [0.2, 0.25) is 5.02 Å². The van der Waals surface area contributed by atoms with Crippen LogP contribution in [0.5, 0.6) is 0 Å². The zero-order valence-electron chi connectivity index (χ0n) is 18.8. The molecular weight excluding hydrogens is 442 g/mol. The van der Waals surface area contributed by atoms with Crippen molar-refractivity contribution in [3.8, 4) is 0 Å². The summed E-state index contributed by atoms with van der Waals surface area (Å²) in [7, 11) is 0. The summed E-state index contributed by atoms with van der Waals surface area (Å²) in [6.45, 7) is 4.80. The van der Waals surface area contributed by atoms with Crippen LogP contribution in [-0.4, -0.2) is 40.1 Å². The lowest BCUT2D eigenvalue weighted by Crippen LogP contribution is -2.43. The lowest BCUT2D eigenvalue weighted by molar-refractivity contribution is -0.128. The van der Waals surface area contributed by atoms with Gasteiger partial charge >= 0.3 is 5.97 Å². The number of amides is 1. The molecule has 1 amide bonds. The normalized spacial score (nSPS) is 11.6. The Morgan fingerprint density at radius 2 is 1.73 bits per heavy atom. The van der Waals surface area contributed by atoms with Crippen LogP contribution < -0.4 is 5.32 Å². The van der Waals surface area contributed by atoms with Crippen molar-refractivity contribution >= 4 is 29.3 Å². The Bertz CT molecular complexity index is 1160. The van der Waals surface area contributed by atoms with Crippen LogP contribution in [-0.2, 0) is 27.3 Å². The van der Waals surface area contributed by atoms with Gasteiger partial charge in [-0.15, -0.1) is 0 Å². The maximum atomic E-state index is 12.7. The maximum absolute atomic E-state index is 12.7. The molecule has 0 saturated carbocycles. The molecule has 0 spiro atoms. The van der Waals surface area contributed by atoms with Gasteiger partial charge in [0.15, 0.2) is 12.4 Å². The van der Waals surface area contributed by atoms with Crippen molar-refractivity contribution in [2.24, 2.45) is 0 Å². The number of carbonyl (C=O) groups is 3. The highest BCUT2D eigenvalue weighted by Gasteiger charge is 2.23. The highest BCUT2D eigenvalue weighted by Crippen LogP contribution is 2.20. The molecule has 2 aromatic carbocycles. The van der Waals surface area contributed by atoms with Gasteiger partial charge in [-0.2, -0.15) is 5.10 Å². The second-order valence-electron chi connectivity index (χ2n) is 7.79. The standard InChI is InChI=1S/C25H26ClN3O4/c1-16-24(17(2)29(28-16)14-20-11-7-8-12-21(20)26)25(32)33-15-23(31)27-22(18(3)30)13-19-9-5-4-6-10-19/h4-12,22H,13-15H2,1-3H3,(H,27,31). The fourth-order valence-electron chi connectivity index (χ4n) is 3.52. The number of ether oxygens (including phenoxy) is 1. The Morgan fingerprint density at radius 1 is 1.06 bits per heavy atom. The number of rotatable bonds is 9. The van der Waals surface area contributed by atoms with E-state index in [4.69, 9.17) is 16.3 Å². The first-order valence-electron chi connectivity index (χ1n) is 10.5. The number of nitrogens with one attached hydrogen (secondary N) is 1. The van der Waals surface area contributed by atoms with Gasteiger partial charge in [-0.25, -0.2) is 4.79 Å². The molecule has 0 fully saturated rings. The number of carbonyl (C=O) groups excluding carboxylic acids is 3. The monoisotopic (exact) mass is 467 g/mol. The number of benzene rings is 2. The highest BCUT2D eigenvalue weighted by atomic mass is 35.5. The van der Waals surface area contributed by atoms with Crippen molar-refractivity contribution < 1.29 is 19.1 Å². The minimum Gasteiger partial charge on any atom is -0.452 e. The quantitative estimate of drug-likeness (QED) is 0.485. The molecule has 1 atom stereocenters. The van der Waals surface area contributed by atoms with E-state index < -0.39 is 24.5 Å². The molecule has 8 heteroatoms. The molecular formula is C25H26ClN3O4. The van der Waals surface area contributed by atoms with E-state index in [9.17, 15) is 14.4 Å². The fraction of sp³-hybridized carbons (Fsp3) is 0.280. The zero-order chi connectivity index (χ0) is 24.0. The van der Waals surface area contributed by atoms with Crippen LogP contribution in [0.1, 0.15) is 39.8 Å². The minimum atomic E-state index is -0.694. The highest BCUT2D eigenvalue weighted by molar-refractivity contribution is 6.31. The van der Waals surface area contributed by atoms with E-state index in [1.807, 2.05) is 48.5 Å². The molecule has 3 rings (SSSR count). The minimum absolute atomic E-state index is 0.175. The van der Waals surface area contributed by atoms with Gasteiger partial charge in [0.05, 0.1) is 24.0 Å². The number of hydrogen-bond donors (Lipinski definition) is 1. The molecule has 3 aromatic rings. The van der Waals surface area contributed by atoms with E-state index in [1.54, 1.807) is 24.6 Å². The first-order valence-corrected chi connectivity index (χ1v) is 10.9. The molecule has 172 valence electrons. The van der Waals surface area contributed by atoms with Crippen molar-refractivity contribution in [3.63, 3.8) is 0 Å². The molecule has 0 saturated heterocycles. The lowest BCUT2D eigenvalue weighted by atomic mass is 10.0. The number of ketones is 1. The second-order valence-corrected chi connectivity index (χ2v) is 8.20. The molecule has 0 bridgehead atoms. The number of Topliss-reactive ketones (excluding diaryl/α,β-unsaturated/α-hetero) is 1. The van der Waals surface area contributed by atoms with Crippen LogP contribution in [0.3, 0.4) is 0 Å². The van der Waals surface area contributed by atoms with Crippen LogP contribution in [0, 0.1) is 13.8 Å². The van der Waals surface area contributed by atoms with Gasteiger partial charge in [0.2, 0.25) is 0 Å². The van der Waals surface area contributed by atoms with Crippen LogP contribution in [0.4, 0.5) is 0 Å². The molecule has 1 N–H and O–H groups in total. The largest absolute Gasteiger partial charge is 0.452 e. The van der Waals surface area contributed by atoms with Crippen LogP contribution in [0.15, 0.2) is 54.6 Å². The van der Waals surface area contributed by atoms with Gasteiger partial charge in [-0.3, -0.25) is 14.3 Å². The Hall–Kier alpha value is -3.45. The third-order valence-electron chi connectivity index (χ3n) is 5.31. The average molecular weight is 468 g/mol. The fourth-order valence-corrected chi connectivity index (χ4v) is 3.72. The van der Waals surface area contributed by atoms with E-state index in [2.05, 4.69) is 10.4 Å². The van der Waals surface area contributed by atoms with E-state index in [1.165, 1.54) is 6.92 Å². The third kappa shape index (κ3) is 6.29. The summed E-state index contributed by atoms with van der Waals surface area (Å²) in [6, 6.07) is 16.1. The van der Waals surface area contributed by atoms with Gasteiger partial charge < -0.3 is 10.1 Å². The first-order chi connectivity index (χ1) is 15.8. The summed E-state index contributed by atoms with van der Waals surface area (Å²) >= 11 is 6.23. The molecule has 0 aliphatic carbocycles. The number of hydrogen-bond acceptors (Lipinski definition) is 5. The number of aryl methyl sites for hydroxylation is 1. The molecule has 0 radical (unpaired) electrons. The lowest BCUT2D eigenvalue weighted by Gasteiger charge is -2.16. The van der Waals surface area contributed by atoms with Gasteiger partial charge in [-0.05, 0) is 44.4 Å². The Kier molecular flexibility index (Phi) is 8.01. The summed E-state index contributed by atoms with van der Waals surface area (Å²) in [5.41, 5.74) is 3.21. The first kappa shape index (κ1) is 24.2. The summed E-state index contributed by atoms with van der Waals surface area (Å²) in [6.07, 6.45) is 0.364. The Labute approximate surface area is 197 Å². The smallest absolute Gasteiger partial charge is 0.342 e. The van der Waals surface area contributed by atoms with Gasteiger partial charge in [-0.1, -0.05) is 60.1 Å². The predicted octanol–water partition coefficient (Wildman–Crippen LogP) is 3.67. The molecule has 33 heavy (non-hydrogen) atoms. The summed E-state index contributed by atoms with van der Waals surface area (Å²) < 4.78 is 6.91. The Balaban J connectivity index is 1.62. The van der Waals surface area contributed by atoms with Gasteiger partial charge in [0.1, 0.15) is 5.56 Å². The van der Waals surface area contributed by atoms with E-state index >= 15 is 0 Å². The third-order valence-corrected chi connectivity index (χ3v) is 5.68. The summed E-state index contributed by atoms with van der Waals surface area (Å²) in [5, 5.41) is 7.68. The number of nitrogens with zero attached hydrogens (tertiary/aromatic N) is 2. The van der Waals surface area contributed by atoms with Crippen molar-refractivity contribution in [1.29, 1.82) is 0 Å². The molecule has 0 aliphatic heterocycles. The number of esters is 1. The molecule has 1 aromatic heterocycles. The van der Waals surface area contributed by atoms with Crippen LogP contribution >= 0.6 is 11.6 Å². The van der Waals surface area contributed by atoms with Gasteiger partial charge in [0, 0.05) is 5.02 Å². The average Bonchev–Trinajstić information content (AvgIpc) is 3.06. The van der Waals surface area contributed by atoms with Crippen molar-refractivity contribution in [3.05, 3.63) is 87.7 Å². The van der Waals surface area contributed by atoms with Gasteiger partial charge in [0.25, 0.3) is 5.91 Å². The SMILES string of the molecule is CC(=O)C(Cc1ccccc1)NC(=O)COC(=O)c1c(C)nn(Cc2ccccc2Cl)c1C. The summed E-state index contributed by atoms with van der Waals surface area (Å²) in [5.74, 6) is -1.36. The topological polar surface area (TPSA) is 90.3 Å². The van der Waals surface area contributed by atoms with E-state index in [0.717, 1.165) is 11.1 Å². The van der Waals surface area contributed by atoms with E-state index in [0.29, 0.717) is 34.9 Å². The number of aromatic nitrogens is 2. The number of halogens is 1. The van der Waals surface area contributed by atoms with Crippen LogP contribution in [0.25, 0.3) is 0 Å². The molecule has 0 aliphatic rings. The zero-order valence-corrected chi connectivity index (χ0v) is 19.6. The second kappa shape index (κ2) is 10.9. The summed E-state index contributed by atoms with van der Waals surface area (Å²) in [4.78, 5) is 37.0. The maximum Gasteiger partial charge on any atom is 0.342 e. The molecule has 1 heterocycles. The van der Waals surface area contributed by atoms with Crippen molar-refractivity contribution in [2.75, 3.05) is 6.61 Å². The molecule has 7 nitrogen and oxygen atoms in total. The van der Waals surface area contributed by atoms with E-state index in [-0.39, 0.29) is 5.78 Å². The van der Waals surface area contributed by atoms with Crippen molar-refractivity contribution in [2.45, 2.75) is 39.8 Å². The Morgan fingerprint density at radius 3 is 2.39 bits per heavy atom. The predicted molar refractivity (Wildman–Crippen MR) is 125 cm³/mol.